The molecular weight excluding hydrogens is 135 g/mol. The van der Waals surface area contributed by atoms with Crippen LogP contribution in [0.3, 0.4) is 0 Å². The Morgan fingerprint density at radius 2 is 2.40 bits per heavy atom. The van der Waals surface area contributed by atoms with Crippen LogP contribution in [0.15, 0.2) is 0 Å². The number of hydrogen-bond donors (Lipinski definition) is 2. The van der Waals surface area contributed by atoms with Crippen molar-refractivity contribution >= 4 is 5.91 Å². The Morgan fingerprint density at radius 1 is 1.70 bits per heavy atom. The molecule has 10 heavy (non-hydrogen) atoms. The highest BCUT2D eigenvalue weighted by molar-refractivity contribution is 5.79. The number of carbonyl (C=O) groups excluding carboxylic acids is 1. The second-order valence-corrected chi connectivity index (χ2v) is 2.61. The summed E-state index contributed by atoms with van der Waals surface area (Å²) in [6.45, 7) is -0.405. The number of rotatable bonds is 2. The van der Waals surface area contributed by atoms with E-state index in [1.54, 1.807) is 0 Å². The number of nitrogens with two attached hydrogens (primary N) is 1. The third-order valence-electron chi connectivity index (χ3n) is 2.09. The lowest BCUT2D eigenvalue weighted by atomic mass is 9.74. The van der Waals surface area contributed by atoms with Crippen molar-refractivity contribution in [2.45, 2.75) is 12.8 Å². The molecule has 0 heterocycles. The molecule has 3 N–H and O–H groups in total. The van der Waals surface area contributed by atoms with Crippen molar-refractivity contribution in [1.82, 2.24) is 5.43 Å². The molecule has 58 valence electrons. The second kappa shape index (κ2) is 2.96. The summed E-state index contributed by atoms with van der Waals surface area (Å²) in [5, 5.41) is 0. The fraction of sp³-hybridized carbons (Fsp3) is 0.833. The average Bonchev–Trinajstić information content (AvgIpc) is 1.86. The normalized spacial score (nSPS) is 31.0. The van der Waals surface area contributed by atoms with Gasteiger partial charge in [0.15, 0.2) is 0 Å². The Bertz CT molecular complexity index is 138. The van der Waals surface area contributed by atoms with Gasteiger partial charge in [0, 0.05) is 5.92 Å². The van der Waals surface area contributed by atoms with Crippen LogP contribution in [0.2, 0.25) is 0 Å². The standard InChI is InChI=1S/C6H11FN2O/c7-3-4-1-2-5(4)6(10)9-8/h4-5H,1-3,8H2,(H,9,10). The highest BCUT2D eigenvalue weighted by Gasteiger charge is 2.35. The van der Waals surface area contributed by atoms with Gasteiger partial charge in [-0.25, -0.2) is 5.84 Å². The Hall–Kier alpha value is -0.640. The van der Waals surface area contributed by atoms with Crippen molar-refractivity contribution in [2.75, 3.05) is 6.67 Å². The van der Waals surface area contributed by atoms with Crippen LogP contribution in [-0.4, -0.2) is 12.6 Å². The molecule has 0 aromatic heterocycles. The third-order valence-corrected chi connectivity index (χ3v) is 2.09. The van der Waals surface area contributed by atoms with Crippen molar-refractivity contribution in [3.05, 3.63) is 0 Å². The van der Waals surface area contributed by atoms with Crippen molar-refractivity contribution in [3.8, 4) is 0 Å². The first kappa shape index (κ1) is 7.47. The van der Waals surface area contributed by atoms with Gasteiger partial charge in [0.05, 0.1) is 6.67 Å². The van der Waals surface area contributed by atoms with E-state index in [1.165, 1.54) is 0 Å². The summed E-state index contributed by atoms with van der Waals surface area (Å²) in [7, 11) is 0. The Balaban J connectivity index is 2.35. The molecule has 1 saturated carbocycles. The molecule has 2 unspecified atom stereocenters. The van der Waals surface area contributed by atoms with E-state index in [-0.39, 0.29) is 17.7 Å². The van der Waals surface area contributed by atoms with Crippen molar-refractivity contribution < 1.29 is 9.18 Å². The van der Waals surface area contributed by atoms with E-state index in [4.69, 9.17) is 5.84 Å². The molecule has 0 bridgehead atoms. The quantitative estimate of drug-likeness (QED) is 0.326. The topological polar surface area (TPSA) is 55.1 Å². The van der Waals surface area contributed by atoms with E-state index in [2.05, 4.69) is 0 Å². The summed E-state index contributed by atoms with van der Waals surface area (Å²) in [5.74, 6) is 4.40. The minimum atomic E-state index is -0.405. The average molecular weight is 146 g/mol. The van der Waals surface area contributed by atoms with Crippen LogP contribution in [0.4, 0.5) is 4.39 Å². The number of halogens is 1. The van der Waals surface area contributed by atoms with Crippen LogP contribution >= 0.6 is 0 Å². The highest BCUT2D eigenvalue weighted by Crippen LogP contribution is 2.34. The van der Waals surface area contributed by atoms with Gasteiger partial charge in [-0.1, -0.05) is 0 Å². The number of alkyl halides is 1. The van der Waals surface area contributed by atoms with Crippen LogP contribution in [0.5, 0.6) is 0 Å². The van der Waals surface area contributed by atoms with Crippen LogP contribution in [0, 0.1) is 11.8 Å². The summed E-state index contributed by atoms with van der Waals surface area (Å²) >= 11 is 0. The van der Waals surface area contributed by atoms with Gasteiger partial charge in [-0.15, -0.1) is 0 Å². The zero-order chi connectivity index (χ0) is 7.56. The van der Waals surface area contributed by atoms with E-state index < -0.39 is 6.67 Å². The Morgan fingerprint density at radius 3 is 2.70 bits per heavy atom. The molecule has 1 aliphatic rings. The smallest absolute Gasteiger partial charge is 0.237 e. The van der Waals surface area contributed by atoms with Gasteiger partial charge < -0.3 is 0 Å². The zero-order valence-corrected chi connectivity index (χ0v) is 5.64. The number of hydrogen-bond acceptors (Lipinski definition) is 2. The number of amides is 1. The Labute approximate surface area is 58.7 Å². The summed E-state index contributed by atoms with van der Waals surface area (Å²) in [4.78, 5) is 10.8. The van der Waals surface area contributed by atoms with Crippen molar-refractivity contribution in [2.24, 2.45) is 17.7 Å². The monoisotopic (exact) mass is 146 g/mol. The molecule has 0 saturated heterocycles. The molecule has 1 rings (SSSR count). The van der Waals surface area contributed by atoms with Crippen LogP contribution in [0.1, 0.15) is 12.8 Å². The van der Waals surface area contributed by atoms with Gasteiger partial charge >= 0.3 is 0 Å². The largest absolute Gasteiger partial charge is 0.294 e. The molecule has 1 aliphatic carbocycles. The molecule has 1 fully saturated rings. The lowest BCUT2D eigenvalue weighted by Gasteiger charge is -2.32. The van der Waals surface area contributed by atoms with E-state index in [9.17, 15) is 9.18 Å². The molecule has 0 aromatic carbocycles. The third kappa shape index (κ3) is 1.11. The van der Waals surface area contributed by atoms with Gasteiger partial charge in [-0.3, -0.25) is 14.6 Å². The molecule has 3 nitrogen and oxygen atoms in total. The molecule has 1 amide bonds. The number of nitrogens with one attached hydrogen (secondary N) is 1. The molecule has 4 heteroatoms. The Kier molecular flexibility index (Phi) is 2.21. The molecule has 0 aliphatic heterocycles. The van der Waals surface area contributed by atoms with Crippen molar-refractivity contribution in [3.63, 3.8) is 0 Å². The van der Waals surface area contributed by atoms with E-state index in [0.717, 1.165) is 12.8 Å². The minimum absolute atomic E-state index is 0.0800. The maximum absolute atomic E-state index is 12.0. The predicted molar refractivity (Wildman–Crippen MR) is 34.5 cm³/mol. The fourth-order valence-corrected chi connectivity index (χ4v) is 1.21. The maximum Gasteiger partial charge on any atom is 0.237 e. The summed E-state index contributed by atoms with van der Waals surface area (Å²) in [5.41, 5.74) is 2.03. The SMILES string of the molecule is NNC(=O)C1CCC1CF. The van der Waals surface area contributed by atoms with E-state index in [0.29, 0.717) is 0 Å². The maximum atomic E-state index is 12.0. The van der Waals surface area contributed by atoms with E-state index in [1.807, 2.05) is 5.43 Å². The summed E-state index contributed by atoms with van der Waals surface area (Å²) in [6.07, 6.45) is 1.59. The first-order chi connectivity index (χ1) is 4.79. The van der Waals surface area contributed by atoms with Gasteiger partial charge in [0.1, 0.15) is 0 Å². The highest BCUT2D eigenvalue weighted by atomic mass is 19.1. The lowest BCUT2D eigenvalue weighted by molar-refractivity contribution is -0.130. The van der Waals surface area contributed by atoms with Gasteiger partial charge in [-0.05, 0) is 18.8 Å². The molecule has 2 atom stereocenters. The van der Waals surface area contributed by atoms with Gasteiger partial charge in [-0.2, -0.15) is 0 Å². The second-order valence-electron chi connectivity index (χ2n) is 2.61. The van der Waals surface area contributed by atoms with Gasteiger partial charge in [0.25, 0.3) is 0 Å². The number of hydrazine groups is 1. The van der Waals surface area contributed by atoms with Crippen LogP contribution in [0.25, 0.3) is 0 Å². The molecular formula is C6H11FN2O. The zero-order valence-electron chi connectivity index (χ0n) is 5.64. The predicted octanol–water partition coefficient (Wildman–Crippen LogP) is -0.0280. The first-order valence-corrected chi connectivity index (χ1v) is 3.36. The molecule has 0 aromatic rings. The molecule has 0 spiro atoms. The number of carbonyl (C=O) groups is 1. The lowest BCUT2D eigenvalue weighted by Crippen LogP contribution is -2.44. The minimum Gasteiger partial charge on any atom is -0.294 e. The van der Waals surface area contributed by atoms with Crippen LogP contribution < -0.4 is 11.3 Å². The van der Waals surface area contributed by atoms with E-state index >= 15 is 0 Å². The van der Waals surface area contributed by atoms with Crippen LogP contribution in [-0.2, 0) is 4.79 Å². The van der Waals surface area contributed by atoms with Gasteiger partial charge in [0.2, 0.25) is 5.91 Å². The molecule has 0 radical (unpaired) electrons. The van der Waals surface area contributed by atoms with Crippen molar-refractivity contribution in [1.29, 1.82) is 0 Å². The summed E-state index contributed by atoms with van der Waals surface area (Å²) in [6, 6.07) is 0. The first-order valence-electron chi connectivity index (χ1n) is 3.36. The summed E-state index contributed by atoms with van der Waals surface area (Å²) < 4.78 is 12.0. The fourth-order valence-electron chi connectivity index (χ4n) is 1.21.